The quantitative estimate of drug-likeness (QED) is 0.751. The number of ether oxygens (including phenoxy) is 1. The summed E-state index contributed by atoms with van der Waals surface area (Å²) >= 11 is 0. The van der Waals surface area contributed by atoms with Gasteiger partial charge < -0.3 is 14.6 Å². The summed E-state index contributed by atoms with van der Waals surface area (Å²) in [7, 11) is 1.70. The van der Waals surface area contributed by atoms with Crippen LogP contribution in [0.1, 0.15) is 17.9 Å². The molecule has 0 aliphatic carbocycles. The molecule has 0 bridgehead atoms. The summed E-state index contributed by atoms with van der Waals surface area (Å²) in [6.45, 7) is 4.05. The van der Waals surface area contributed by atoms with Gasteiger partial charge in [-0.1, -0.05) is 0 Å². The van der Waals surface area contributed by atoms with Crippen LogP contribution in [0.3, 0.4) is 0 Å². The first-order valence-corrected chi connectivity index (χ1v) is 6.18. The largest absolute Gasteiger partial charge is 0.385 e. The lowest BCUT2D eigenvalue weighted by Gasteiger charge is -2.07. The molecule has 102 valence electrons. The summed E-state index contributed by atoms with van der Waals surface area (Å²) in [5.41, 5.74) is 0.930. The first kappa shape index (κ1) is 13.4. The second-order valence-electron chi connectivity index (χ2n) is 4.16. The second kappa shape index (κ2) is 6.79. The van der Waals surface area contributed by atoms with Crippen molar-refractivity contribution in [2.75, 3.05) is 19.0 Å². The minimum absolute atomic E-state index is 0.552. The number of methoxy groups -OCH3 is 1. The van der Waals surface area contributed by atoms with E-state index in [2.05, 4.69) is 25.5 Å². The van der Waals surface area contributed by atoms with Gasteiger partial charge >= 0.3 is 0 Å². The number of nitrogens with one attached hydrogen (secondary N) is 1. The number of nitrogens with zero attached hydrogens (tertiary/aromatic N) is 5. The van der Waals surface area contributed by atoms with Gasteiger partial charge in [0, 0.05) is 32.2 Å². The van der Waals surface area contributed by atoms with Crippen molar-refractivity contribution < 1.29 is 4.74 Å². The van der Waals surface area contributed by atoms with Crippen LogP contribution in [-0.2, 0) is 17.8 Å². The third-order valence-electron chi connectivity index (χ3n) is 2.64. The van der Waals surface area contributed by atoms with Crippen LogP contribution in [0, 0.1) is 6.92 Å². The fraction of sp³-hybridized carbons (Fsp3) is 0.500. The normalized spacial score (nSPS) is 10.6. The Hall–Kier alpha value is -2.02. The number of anilines is 1. The maximum absolute atomic E-state index is 5.03. The van der Waals surface area contributed by atoms with Gasteiger partial charge in [-0.2, -0.15) is 0 Å². The number of aryl methyl sites for hydroxylation is 2. The van der Waals surface area contributed by atoms with Gasteiger partial charge in [0.2, 0.25) is 5.95 Å². The van der Waals surface area contributed by atoms with Gasteiger partial charge in [-0.15, -0.1) is 10.2 Å². The van der Waals surface area contributed by atoms with Crippen molar-refractivity contribution in [3.8, 4) is 0 Å². The Morgan fingerprint density at radius 1 is 1.42 bits per heavy atom. The number of hydrogen-bond acceptors (Lipinski definition) is 6. The SMILES string of the molecule is COCCCn1cnnc1CNc1nccc(C)n1. The molecule has 0 saturated heterocycles. The molecule has 0 fully saturated rings. The van der Waals surface area contributed by atoms with E-state index >= 15 is 0 Å². The number of rotatable bonds is 7. The Labute approximate surface area is 112 Å². The van der Waals surface area contributed by atoms with Gasteiger partial charge in [0.05, 0.1) is 6.54 Å². The number of aromatic nitrogens is 5. The first-order chi connectivity index (χ1) is 9.29. The zero-order valence-electron chi connectivity index (χ0n) is 11.2. The predicted octanol–water partition coefficient (Wildman–Crippen LogP) is 1.03. The Bertz CT molecular complexity index is 512. The second-order valence-corrected chi connectivity index (χ2v) is 4.16. The van der Waals surface area contributed by atoms with Gasteiger partial charge in [-0.3, -0.25) is 0 Å². The van der Waals surface area contributed by atoms with Crippen molar-refractivity contribution in [1.82, 2.24) is 24.7 Å². The van der Waals surface area contributed by atoms with Crippen LogP contribution < -0.4 is 5.32 Å². The molecule has 0 saturated carbocycles. The van der Waals surface area contributed by atoms with Crippen LogP contribution in [0.15, 0.2) is 18.6 Å². The van der Waals surface area contributed by atoms with Crippen LogP contribution in [-0.4, -0.2) is 38.4 Å². The van der Waals surface area contributed by atoms with Crippen LogP contribution in [0.4, 0.5) is 5.95 Å². The van der Waals surface area contributed by atoms with Crippen LogP contribution in [0.2, 0.25) is 0 Å². The Morgan fingerprint density at radius 2 is 2.32 bits per heavy atom. The Balaban J connectivity index is 1.90. The van der Waals surface area contributed by atoms with Crippen LogP contribution in [0.5, 0.6) is 0 Å². The van der Waals surface area contributed by atoms with Crippen molar-refractivity contribution in [2.24, 2.45) is 0 Å². The summed E-state index contributed by atoms with van der Waals surface area (Å²) in [6.07, 6.45) is 4.39. The molecule has 0 aliphatic rings. The smallest absolute Gasteiger partial charge is 0.223 e. The maximum atomic E-state index is 5.03. The monoisotopic (exact) mass is 262 g/mol. The zero-order chi connectivity index (χ0) is 13.5. The summed E-state index contributed by atoms with van der Waals surface area (Å²) < 4.78 is 7.03. The first-order valence-electron chi connectivity index (χ1n) is 6.18. The zero-order valence-corrected chi connectivity index (χ0v) is 11.2. The summed E-state index contributed by atoms with van der Waals surface area (Å²) in [5, 5.41) is 11.2. The molecule has 0 spiro atoms. The van der Waals surface area contributed by atoms with Crippen molar-refractivity contribution in [2.45, 2.75) is 26.4 Å². The topological polar surface area (TPSA) is 77.8 Å². The summed E-state index contributed by atoms with van der Waals surface area (Å²) in [5.74, 6) is 1.47. The molecule has 1 N–H and O–H groups in total. The maximum Gasteiger partial charge on any atom is 0.223 e. The molecule has 2 heterocycles. The van der Waals surface area contributed by atoms with Crippen molar-refractivity contribution in [3.63, 3.8) is 0 Å². The van der Waals surface area contributed by atoms with Gasteiger partial charge in [-0.25, -0.2) is 9.97 Å². The van der Waals surface area contributed by atoms with Crippen LogP contribution in [0.25, 0.3) is 0 Å². The molecular formula is C12H18N6O. The van der Waals surface area contributed by atoms with E-state index in [1.54, 1.807) is 19.6 Å². The van der Waals surface area contributed by atoms with E-state index < -0.39 is 0 Å². The molecular weight excluding hydrogens is 244 g/mol. The highest BCUT2D eigenvalue weighted by molar-refractivity contribution is 5.24. The Morgan fingerprint density at radius 3 is 3.11 bits per heavy atom. The van der Waals surface area contributed by atoms with E-state index in [4.69, 9.17) is 4.74 Å². The molecule has 0 amide bonds. The molecule has 0 atom stereocenters. The van der Waals surface area contributed by atoms with E-state index in [0.29, 0.717) is 12.5 Å². The average Bonchev–Trinajstić information content (AvgIpc) is 2.84. The number of hydrogen-bond donors (Lipinski definition) is 1. The molecule has 2 aromatic heterocycles. The minimum atomic E-state index is 0.552. The van der Waals surface area contributed by atoms with Crippen molar-refractivity contribution >= 4 is 5.95 Å². The third kappa shape index (κ3) is 3.99. The minimum Gasteiger partial charge on any atom is -0.385 e. The fourth-order valence-corrected chi connectivity index (χ4v) is 1.67. The van der Waals surface area contributed by atoms with Gasteiger partial charge in [-0.05, 0) is 19.4 Å². The predicted molar refractivity (Wildman–Crippen MR) is 70.6 cm³/mol. The van der Waals surface area contributed by atoms with Crippen molar-refractivity contribution in [1.29, 1.82) is 0 Å². The molecule has 0 aliphatic heterocycles. The lowest BCUT2D eigenvalue weighted by atomic mass is 10.4. The molecule has 0 radical (unpaired) electrons. The van der Waals surface area contributed by atoms with Crippen LogP contribution >= 0.6 is 0 Å². The lowest BCUT2D eigenvalue weighted by Crippen LogP contribution is -2.11. The van der Waals surface area contributed by atoms with E-state index in [1.807, 2.05) is 17.6 Å². The van der Waals surface area contributed by atoms with Gasteiger partial charge in [0.25, 0.3) is 0 Å². The lowest BCUT2D eigenvalue weighted by molar-refractivity contribution is 0.190. The molecule has 0 aromatic carbocycles. The fourth-order valence-electron chi connectivity index (χ4n) is 1.67. The molecule has 7 nitrogen and oxygen atoms in total. The van der Waals surface area contributed by atoms with Crippen molar-refractivity contribution in [3.05, 3.63) is 30.1 Å². The molecule has 7 heteroatoms. The highest BCUT2D eigenvalue weighted by Gasteiger charge is 2.04. The third-order valence-corrected chi connectivity index (χ3v) is 2.64. The molecule has 0 unspecified atom stereocenters. The Kier molecular flexibility index (Phi) is 4.79. The highest BCUT2D eigenvalue weighted by Crippen LogP contribution is 2.03. The highest BCUT2D eigenvalue weighted by atomic mass is 16.5. The van der Waals surface area contributed by atoms with Gasteiger partial charge in [0.15, 0.2) is 5.82 Å². The van der Waals surface area contributed by atoms with E-state index in [0.717, 1.165) is 31.1 Å². The summed E-state index contributed by atoms with van der Waals surface area (Å²) in [6, 6.07) is 1.86. The van der Waals surface area contributed by atoms with Gasteiger partial charge in [0.1, 0.15) is 6.33 Å². The summed E-state index contributed by atoms with van der Waals surface area (Å²) in [4.78, 5) is 8.42. The van der Waals surface area contributed by atoms with E-state index in [9.17, 15) is 0 Å². The molecule has 19 heavy (non-hydrogen) atoms. The molecule has 2 aromatic rings. The standard InChI is InChI=1S/C12H18N6O/c1-10-4-5-13-12(16-10)14-8-11-17-15-9-18(11)6-3-7-19-2/h4-5,9H,3,6-8H2,1-2H3,(H,13,14,16). The average molecular weight is 262 g/mol. The van der Waals surface area contributed by atoms with E-state index in [-0.39, 0.29) is 0 Å². The molecule has 2 rings (SSSR count). The van der Waals surface area contributed by atoms with E-state index in [1.165, 1.54) is 0 Å².